The van der Waals surface area contributed by atoms with E-state index in [0.29, 0.717) is 0 Å². The molecule has 1 aromatic heterocycles. The lowest BCUT2D eigenvalue weighted by atomic mass is 10.0. The van der Waals surface area contributed by atoms with Crippen molar-refractivity contribution in [3.8, 4) is 0 Å². The maximum atomic E-state index is 13.1. The molecule has 0 aliphatic carbocycles. The summed E-state index contributed by atoms with van der Waals surface area (Å²) in [4.78, 5) is 38.8. The van der Waals surface area contributed by atoms with Crippen LogP contribution in [-0.4, -0.2) is 21.5 Å². The Balaban J connectivity index is 1.98. The number of carbonyl (C=O) groups excluding carboxylic acids is 1. The average Bonchev–Trinajstić information content (AvgIpc) is 2.76. The van der Waals surface area contributed by atoms with Gasteiger partial charge in [-0.15, -0.1) is 0 Å². The monoisotopic (exact) mass is 420 g/mol. The summed E-state index contributed by atoms with van der Waals surface area (Å²) in [7, 11) is 0. The Labute approximate surface area is 181 Å². The summed E-state index contributed by atoms with van der Waals surface area (Å²) in [5.41, 5.74) is 7.62. The summed E-state index contributed by atoms with van der Waals surface area (Å²) in [6.07, 6.45) is 0. The van der Waals surface area contributed by atoms with E-state index in [1.807, 2.05) is 54.6 Å². The molecule has 0 saturated heterocycles. The molecule has 2 aromatic carbocycles. The van der Waals surface area contributed by atoms with E-state index >= 15 is 0 Å². The summed E-state index contributed by atoms with van der Waals surface area (Å²) in [6.45, 7) is 6.05. The van der Waals surface area contributed by atoms with Crippen molar-refractivity contribution in [3.05, 3.63) is 92.1 Å². The number of anilines is 2. The lowest BCUT2D eigenvalue weighted by molar-refractivity contribution is 0.100. The van der Waals surface area contributed by atoms with Gasteiger partial charge in [0.1, 0.15) is 11.4 Å². The molecule has 31 heavy (non-hydrogen) atoms. The lowest BCUT2D eigenvalue weighted by Gasteiger charge is -2.17. The van der Waals surface area contributed by atoms with Crippen LogP contribution in [0.2, 0.25) is 0 Å². The standard InChI is InChI=1S/C24H28N4O3/c1-4-27-23(30)21(20(29)14-26-19-13-9-8-12-18(19)16(2)3)22(25)28(24(27)31)15-17-10-6-5-7-11-17/h5-13,16,26H,4,14-15,25H2,1-3H3. The normalized spacial score (nSPS) is 11.0. The molecule has 7 nitrogen and oxygen atoms in total. The van der Waals surface area contributed by atoms with Crippen LogP contribution in [0, 0.1) is 0 Å². The van der Waals surface area contributed by atoms with E-state index in [0.717, 1.165) is 21.4 Å². The summed E-state index contributed by atoms with van der Waals surface area (Å²) < 4.78 is 2.34. The molecule has 0 saturated carbocycles. The quantitative estimate of drug-likeness (QED) is 0.546. The number of rotatable bonds is 8. The van der Waals surface area contributed by atoms with Gasteiger partial charge in [-0.25, -0.2) is 4.79 Å². The minimum atomic E-state index is -0.654. The Hall–Kier alpha value is -3.61. The van der Waals surface area contributed by atoms with Crippen LogP contribution in [0.5, 0.6) is 0 Å². The molecule has 0 spiro atoms. The molecule has 3 N–H and O–H groups in total. The first-order chi connectivity index (χ1) is 14.8. The predicted molar refractivity (Wildman–Crippen MR) is 124 cm³/mol. The largest absolute Gasteiger partial charge is 0.384 e. The molecule has 0 bridgehead atoms. The van der Waals surface area contributed by atoms with Crippen LogP contribution in [0.1, 0.15) is 48.2 Å². The van der Waals surface area contributed by atoms with Gasteiger partial charge in [0.05, 0.1) is 13.1 Å². The van der Waals surface area contributed by atoms with Gasteiger partial charge in [0.15, 0.2) is 5.78 Å². The van der Waals surface area contributed by atoms with Gasteiger partial charge in [0.25, 0.3) is 5.56 Å². The summed E-state index contributed by atoms with van der Waals surface area (Å²) >= 11 is 0. The molecule has 0 unspecified atom stereocenters. The fourth-order valence-electron chi connectivity index (χ4n) is 3.60. The number of aromatic nitrogens is 2. The van der Waals surface area contributed by atoms with E-state index in [4.69, 9.17) is 5.73 Å². The highest BCUT2D eigenvalue weighted by molar-refractivity contribution is 6.02. The molecule has 0 fully saturated rings. The Morgan fingerprint density at radius 1 is 1.00 bits per heavy atom. The summed E-state index contributed by atoms with van der Waals surface area (Å²) in [6, 6.07) is 17.0. The molecule has 0 atom stereocenters. The van der Waals surface area contributed by atoms with Crippen molar-refractivity contribution in [1.29, 1.82) is 0 Å². The first-order valence-corrected chi connectivity index (χ1v) is 10.4. The minimum Gasteiger partial charge on any atom is -0.384 e. The van der Waals surface area contributed by atoms with Crippen molar-refractivity contribution in [2.24, 2.45) is 0 Å². The van der Waals surface area contributed by atoms with Gasteiger partial charge in [-0.1, -0.05) is 62.4 Å². The maximum Gasteiger partial charge on any atom is 0.332 e. The second-order valence-corrected chi connectivity index (χ2v) is 7.68. The van der Waals surface area contributed by atoms with Gasteiger partial charge >= 0.3 is 5.69 Å². The highest BCUT2D eigenvalue weighted by Gasteiger charge is 2.22. The van der Waals surface area contributed by atoms with E-state index in [1.54, 1.807) is 6.92 Å². The van der Waals surface area contributed by atoms with Gasteiger partial charge < -0.3 is 11.1 Å². The van der Waals surface area contributed by atoms with Crippen molar-refractivity contribution in [3.63, 3.8) is 0 Å². The summed E-state index contributed by atoms with van der Waals surface area (Å²) in [5.74, 6) is -0.286. The van der Waals surface area contributed by atoms with Crippen molar-refractivity contribution in [2.45, 2.75) is 39.8 Å². The van der Waals surface area contributed by atoms with Gasteiger partial charge in [0.2, 0.25) is 0 Å². The van der Waals surface area contributed by atoms with Crippen LogP contribution in [-0.2, 0) is 13.1 Å². The zero-order valence-electron chi connectivity index (χ0n) is 18.1. The fraction of sp³-hybridized carbons (Fsp3) is 0.292. The smallest absolute Gasteiger partial charge is 0.332 e. The van der Waals surface area contributed by atoms with Crippen molar-refractivity contribution in [1.82, 2.24) is 9.13 Å². The number of hydrogen-bond donors (Lipinski definition) is 2. The molecule has 0 aliphatic heterocycles. The van der Waals surface area contributed by atoms with Gasteiger partial charge in [0, 0.05) is 12.2 Å². The third-order valence-corrected chi connectivity index (χ3v) is 5.27. The number of hydrogen-bond acceptors (Lipinski definition) is 5. The number of nitrogens with one attached hydrogen (secondary N) is 1. The minimum absolute atomic E-state index is 0.101. The Morgan fingerprint density at radius 3 is 2.29 bits per heavy atom. The van der Waals surface area contributed by atoms with Crippen LogP contribution in [0.4, 0.5) is 11.5 Å². The predicted octanol–water partition coefficient (Wildman–Crippen LogP) is 3.08. The number of nitrogens with two attached hydrogens (primary N) is 1. The summed E-state index contributed by atoms with van der Waals surface area (Å²) in [5, 5.41) is 3.13. The highest BCUT2D eigenvalue weighted by atomic mass is 16.2. The molecule has 0 amide bonds. The van der Waals surface area contributed by atoms with Crippen molar-refractivity contribution >= 4 is 17.3 Å². The van der Waals surface area contributed by atoms with Crippen LogP contribution < -0.4 is 22.3 Å². The molecule has 1 heterocycles. The van der Waals surface area contributed by atoms with Gasteiger partial charge in [-0.05, 0) is 30.0 Å². The first-order valence-electron chi connectivity index (χ1n) is 10.4. The molecule has 3 rings (SSSR count). The first kappa shape index (κ1) is 22.1. The Bertz CT molecular complexity index is 1190. The Kier molecular flexibility index (Phi) is 6.74. The topological polar surface area (TPSA) is 99.1 Å². The second kappa shape index (κ2) is 9.47. The van der Waals surface area contributed by atoms with Gasteiger partial charge in [-0.3, -0.25) is 18.7 Å². The zero-order valence-corrected chi connectivity index (χ0v) is 18.1. The number of para-hydroxylation sites is 1. The highest BCUT2D eigenvalue weighted by Crippen LogP contribution is 2.23. The number of nitrogen functional groups attached to an aromatic ring is 1. The fourth-order valence-corrected chi connectivity index (χ4v) is 3.60. The third-order valence-electron chi connectivity index (χ3n) is 5.27. The van der Waals surface area contributed by atoms with Crippen LogP contribution in [0.3, 0.4) is 0 Å². The number of ketones is 1. The number of carbonyl (C=O) groups is 1. The molecule has 3 aromatic rings. The third kappa shape index (κ3) is 4.60. The van der Waals surface area contributed by atoms with Gasteiger partial charge in [-0.2, -0.15) is 0 Å². The van der Waals surface area contributed by atoms with Crippen LogP contribution in [0.25, 0.3) is 0 Å². The SMILES string of the molecule is CCn1c(=O)c(C(=O)CNc2ccccc2C(C)C)c(N)n(Cc2ccccc2)c1=O. The number of Topliss-reactive ketones (excluding diaryl/α,β-unsaturated/α-hetero) is 1. The maximum absolute atomic E-state index is 13.1. The van der Waals surface area contributed by atoms with Crippen LogP contribution in [0.15, 0.2) is 64.2 Å². The molecular formula is C24H28N4O3. The zero-order chi connectivity index (χ0) is 22.5. The van der Waals surface area contributed by atoms with Crippen molar-refractivity contribution < 1.29 is 4.79 Å². The second-order valence-electron chi connectivity index (χ2n) is 7.68. The Morgan fingerprint density at radius 2 is 1.65 bits per heavy atom. The lowest BCUT2D eigenvalue weighted by Crippen LogP contribution is -2.44. The van der Waals surface area contributed by atoms with E-state index in [1.165, 1.54) is 4.57 Å². The van der Waals surface area contributed by atoms with Crippen LogP contribution >= 0.6 is 0 Å². The van der Waals surface area contributed by atoms with Crippen molar-refractivity contribution in [2.75, 3.05) is 17.6 Å². The molecular weight excluding hydrogens is 392 g/mol. The number of benzene rings is 2. The molecule has 0 aliphatic rings. The van der Waals surface area contributed by atoms with E-state index in [9.17, 15) is 14.4 Å². The van der Waals surface area contributed by atoms with E-state index in [2.05, 4.69) is 19.2 Å². The van der Waals surface area contributed by atoms with E-state index in [-0.39, 0.29) is 36.9 Å². The van der Waals surface area contributed by atoms with E-state index < -0.39 is 17.0 Å². The molecule has 7 heteroatoms. The average molecular weight is 421 g/mol. The number of nitrogens with zero attached hydrogens (tertiary/aromatic N) is 2. The molecule has 162 valence electrons. The molecule has 0 radical (unpaired) electrons.